The normalized spacial score (nSPS) is 17.1. The molecule has 0 amide bonds. The number of halogens is 2. The van der Waals surface area contributed by atoms with Gasteiger partial charge in [-0.15, -0.1) is 0 Å². The molecule has 1 N–H and O–H groups in total. The fraction of sp³-hybridized carbons (Fsp3) is 0.357. The predicted molar refractivity (Wildman–Crippen MR) is 137 cm³/mol. The second kappa shape index (κ2) is 10.1. The number of oxime groups is 1. The lowest BCUT2D eigenvalue weighted by Gasteiger charge is -2.61. The second-order valence-corrected chi connectivity index (χ2v) is 10.8. The summed E-state index contributed by atoms with van der Waals surface area (Å²) in [5, 5.41) is 23.1. The number of nitriles is 1. The fourth-order valence-corrected chi connectivity index (χ4v) is 4.88. The molecule has 2 aromatic heterocycles. The minimum absolute atomic E-state index is 0.0767. The highest BCUT2D eigenvalue weighted by atomic mass is 19.2. The Morgan fingerprint density at radius 3 is 2.55 bits per heavy atom. The summed E-state index contributed by atoms with van der Waals surface area (Å²) in [4.78, 5) is 18.6. The number of likely N-dealkylation sites (tertiary alicyclic amines) is 1. The van der Waals surface area contributed by atoms with E-state index in [1.54, 1.807) is 38.5 Å². The van der Waals surface area contributed by atoms with Gasteiger partial charge in [0, 0.05) is 56.1 Å². The van der Waals surface area contributed by atoms with Gasteiger partial charge in [0.2, 0.25) is 0 Å². The summed E-state index contributed by atoms with van der Waals surface area (Å²) in [5.41, 5.74) is 2.73. The summed E-state index contributed by atoms with van der Waals surface area (Å²) >= 11 is 0. The van der Waals surface area contributed by atoms with Gasteiger partial charge in [0.1, 0.15) is 18.4 Å². The molecule has 0 radical (unpaired) electrons. The topological polar surface area (TPSA) is 97.9 Å². The Labute approximate surface area is 219 Å². The third-order valence-electron chi connectivity index (χ3n) is 6.63. The number of rotatable bonds is 8. The summed E-state index contributed by atoms with van der Waals surface area (Å²) in [6.45, 7) is 7.66. The number of anilines is 1. The van der Waals surface area contributed by atoms with Crippen LogP contribution in [0, 0.1) is 28.4 Å². The van der Waals surface area contributed by atoms with Crippen molar-refractivity contribution in [2.24, 2.45) is 10.6 Å². The zero-order chi connectivity index (χ0) is 26.9. The van der Waals surface area contributed by atoms with Gasteiger partial charge in [-0.05, 0) is 49.7 Å². The highest BCUT2D eigenvalue weighted by Crippen LogP contribution is 2.42. The highest BCUT2D eigenvalue weighted by molar-refractivity contribution is 6.11. The molecule has 2 aliphatic heterocycles. The maximum atomic E-state index is 13.9. The third-order valence-corrected chi connectivity index (χ3v) is 6.63. The molecule has 38 heavy (non-hydrogen) atoms. The van der Waals surface area contributed by atoms with E-state index in [1.165, 1.54) is 6.07 Å². The molecule has 196 valence electrons. The molecular formula is C28H28F2N6O2. The van der Waals surface area contributed by atoms with Crippen LogP contribution in [0.5, 0.6) is 0 Å². The van der Waals surface area contributed by atoms with Crippen molar-refractivity contribution in [3.05, 3.63) is 89.0 Å². The Morgan fingerprint density at radius 1 is 1.11 bits per heavy atom. The summed E-state index contributed by atoms with van der Waals surface area (Å²) in [7, 11) is 0. The maximum Gasteiger partial charge on any atom is 0.159 e. The lowest BCUT2D eigenvalue weighted by Crippen LogP contribution is -2.72. The van der Waals surface area contributed by atoms with Crippen molar-refractivity contribution in [1.82, 2.24) is 14.9 Å². The van der Waals surface area contributed by atoms with Crippen molar-refractivity contribution in [2.75, 3.05) is 37.7 Å². The number of aromatic nitrogens is 2. The Kier molecular flexibility index (Phi) is 6.82. The second-order valence-electron chi connectivity index (χ2n) is 10.8. The molecule has 5 rings (SSSR count). The standard InChI is InChI=1S/C28H28F2N6O2/c1-27(2,37)18-38-34-26(21-4-5-23(29)24(30)8-21)25-6-3-19(11-33-25)13-35-14-28(15-35)16-36(17-28)22-7-20(9-31)10-32-12-22/h3-8,10-12,37H,13-18H2,1-2H3. The molecule has 1 spiro atoms. The number of benzene rings is 1. The summed E-state index contributed by atoms with van der Waals surface area (Å²) in [5.74, 6) is -1.95. The van der Waals surface area contributed by atoms with Gasteiger partial charge in [-0.25, -0.2) is 8.78 Å². The predicted octanol–water partition coefficient (Wildman–Crippen LogP) is 3.49. The number of hydrogen-bond donors (Lipinski definition) is 1. The van der Waals surface area contributed by atoms with Gasteiger partial charge in [-0.2, -0.15) is 5.26 Å². The van der Waals surface area contributed by atoms with Crippen LogP contribution in [0.4, 0.5) is 14.5 Å². The highest BCUT2D eigenvalue weighted by Gasteiger charge is 2.51. The first-order valence-corrected chi connectivity index (χ1v) is 12.3. The van der Waals surface area contributed by atoms with Gasteiger partial charge in [-0.3, -0.25) is 14.9 Å². The van der Waals surface area contributed by atoms with Gasteiger partial charge < -0.3 is 14.8 Å². The summed E-state index contributed by atoms with van der Waals surface area (Å²) < 4.78 is 27.4. The van der Waals surface area contributed by atoms with Crippen LogP contribution in [0.2, 0.25) is 0 Å². The maximum absolute atomic E-state index is 13.9. The SMILES string of the molecule is CC(C)(O)CON=C(c1ccc(F)c(F)c1)c1ccc(CN2CC3(C2)CN(c2cncc(C#N)c2)C3)cn1. The molecule has 2 aliphatic rings. The van der Waals surface area contributed by atoms with E-state index in [0.29, 0.717) is 16.8 Å². The van der Waals surface area contributed by atoms with Crippen molar-refractivity contribution < 1.29 is 18.7 Å². The molecule has 1 aromatic carbocycles. The average molecular weight is 519 g/mol. The van der Waals surface area contributed by atoms with E-state index in [0.717, 1.165) is 56.1 Å². The van der Waals surface area contributed by atoms with Crippen LogP contribution in [-0.4, -0.2) is 64.1 Å². The van der Waals surface area contributed by atoms with Gasteiger partial charge in [0.25, 0.3) is 0 Å². The van der Waals surface area contributed by atoms with Crippen LogP contribution in [0.25, 0.3) is 0 Å². The Hall–Kier alpha value is -3.94. The van der Waals surface area contributed by atoms with Gasteiger partial charge in [0.05, 0.1) is 28.7 Å². The van der Waals surface area contributed by atoms with Gasteiger partial charge in [-0.1, -0.05) is 11.2 Å². The lowest BCUT2D eigenvalue weighted by molar-refractivity contribution is -0.0274. The summed E-state index contributed by atoms with van der Waals surface area (Å²) in [6, 6.07) is 11.2. The summed E-state index contributed by atoms with van der Waals surface area (Å²) in [6.07, 6.45) is 5.11. The minimum Gasteiger partial charge on any atom is -0.392 e. The van der Waals surface area contributed by atoms with Crippen molar-refractivity contribution in [1.29, 1.82) is 5.26 Å². The van der Waals surface area contributed by atoms with Crippen LogP contribution in [-0.2, 0) is 11.4 Å². The lowest BCUT2D eigenvalue weighted by atomic mass is 9.72. The van der Waals surface area contributed by atoms with E-state index >= 15 is 0 Å². The molecule has 0 atom stereocenters. The zero-order valence-corrected chi connectivity index (χ0v) is 21.2. The zero-order valence-electron chi connectivity index (χ0n) is 21.2. The molecule has 3 aromatic rings. The third kappa shape index (κ3) is 5.64. The number of pyridine rings is 2. The molecule has 0 aliphatic carbocycles. The Morgan fingerprint density at radius 2 is 1.89 bits per heavy atom. The fourth-order valence-electron chi connectivity index (χ4n) is 4.88. The van der Waals surface area contributed by atoms with E-state index in [9.17, 15) is 13.9 Å². The van der Waals surface area contributed by atoms with Gasteiger partial charge in [0.15, 0.2) is 11.6 Å². The van der Waals surface area contributed by atoms with Crippen LogP contribution < -0.4 is 4.90 Å². The van der Waals surface area contributed by atoms with E-state index in [1.807, 2.05) is 12.1 Å². The molecular weight excluding hydrogens is 490 g/mol. The number of hydrogen-bond acceptors (Lipinski definition) is 8. The largest absolute Gasteiger partial charge is 0.392 e. The first kappa shape index (κ1) is 25.7. The van der Waals surface area contributed by atoms with Crippen LogP contribution >= 0.6 is 0 Å². The molecule has 0 bridgehead atoms. The molecule has 2 fully saturated rings. The smallest absolute Gasteiger partial charge is 0.159 e. The molecule has 8 nitrogen and oxygen atoms in total. The first-order chi connectivity index (χ1) is 18.1. The quantitative estimate of drug-likeness (QED) is 0.360. The van der Waals surface area contributed by atoms with E-state index in [-0.39, 0.29) is 17.7 Å². The van der Waals surface area contributed by atoms with Crippen LogP contribution in [0.15, 0.2) is 60.1 Å². The Balaban J connectivity index is 1.21. The van der Waals surface area contributed by atoms with Crippen LogP contribution in [0.1, 0.15) is 36.2 Å². The van der Waals surface area contributed by atoms with E-state index < -0.39 is 17.2 Å². The number of aliphatic hydroxyl groups is 1. The molecule has 4 heterocycles. The van der Waals surface area contributed by atoms with Crippen molar-refractivity contribution >= 4 is 11.4 Å². The van der Waals surface area contributed by atoms with Crippen molar-refractivity contribution in [3.8, 4) is 6.07 Å². The minimum atomic E-state index is -1.11. The first-order valence-electron chi connectivity index (χ1n) is 12.3. The van der Waals surface area contributed by atoms with E-state index in [4.69, 9.17) is 10.1 Å². The van der Waals surface area contributed by atoms with Crippen LogP contribution in [0.3, 0.4) is 0 Å². The monoisotopic (exact) mass is 518 g/mol. The molecule has 2 saturated heterocycles. The van der Waals surface area contributed by atoms with Crippen molar-refractivity contribution in [3.63, 3.8) is 0 Å². The molecule has 0 unspecified atom stereocenters. The molecule has 0 saturated carbocycles. The molecule has 10 heteroatoms. The van der Waals surface area contributed by atoms with Crippen molar-refractivity contribution in [2.45, 2.75) is 26.0 Å². The Bertz CT molecular complexity index is 1380. The van der Waals surface area contributed by atoms with Gasteiger partial charge >= 0.3 is 0 Å². The van der Waals surface area contributed by atoms with E-state index in [2.05, 4.69) is 31.0 Å². The average Bonchev–Trinajstić information content (AvgIpc) is 2.84. The number of nitrogens with zero attached hydrogens (tertiary/aromatic N) is 6.